The molecule has 0 aliphatic heterocycles. The van der Waals surface area contributed by atoms with Gasteiger partial charge >= 0.3 is 0 Å². The van der Waals surface area contributed by atoms with Crippen molar-refractivity contribution in [1.29, 1.82) is 0 Å². The lowest BCUT2D eigenvalue weighted by atomic mass is 10.1. The normalized spacial score (nSPS) is 12.7. The number of benzene rings is 1. The SMILES string of the molecule is CCc1c(C(CC)NC)nnn1-c1ccc(F)c(F)c1F. The van der Waals surface area contributed by atoms with Gasteiger partial charge in [-0.1, -0.05) is 19.1 Å². The number of hydrogen-bond donors (Lipinski definition) is 1. The number of halogens is 3. The standard InChI is InChI=1S/C14H17F3N4/c1-4-9(18-3)14-10(5-2)21(20-19-14)11-7-6-8(15)12(16)13(11)17/h6-7,9,18H,4-5H2,1-3H3. The molecule has 1 aromatic carbocycles. The van der Waals surface area contributed by atoms with Crippen molar-refractivity contribution >= 4 is 0 Å². The maximum Gasteiger partial charge on any atom is 0.196 e. The van der Waals surface area contributed by atoms with E-state index in [4.69, 9.17) is 0 Å². The van der Waals surface area contributed by atoms with Crippen LogP contribution in [0.1, 0.15) is 37.7 Å². The molecule has 0 radical (unpaired) electrons. The molecule has 1 heterocycles. The predicted octanol–water partition coefficient (Wildman–Crippen LogP) is 2.92. The second kappa shape index (κ2) is 6.26. The molecule has 0 saturated carbocycles. The van der Waals surface area contributed by atoms with E-state index in [-0.39, 0.29) is 11.7 Å². The summed E-state index contributed by atoms with van der Waals surface area (Å²) in [6, 6.07) is 2.01. The highest BCUT2D eigenvalue weighted by atomic mass is 19.2. The maximum atomic E-state index is 13.9. The van der Waals surface area contributed by atoms with Crippen molar-refractivity contribution in [2.24, 2.45) is 0 Å². The number of rotatable bonds is 5. The zero-order valence-corrected chi connectivity index (χ0v) is 12.1. The maximum absolute atomic E-state index is 13.9. The van der Waals surface area contributed by atoms with Crippen LogP contribution in [0, 0.1) is 17.5 Å². The second-order valence-corrected chi connectivity index (χ2v) is 4.63. The van der Waals surface area contributed by atoms with Crippen molar-refractivity contribution < 1.29 is 13.2 Å². The molecule has 0 bridgehead atoms. The van der Waals surface area contributed by atoms with Gasteiger partial charge in [0.1, 0.15) is 11.4 Å². The molecule has 0 amide bonds. The summed E-state index contributed by atoms with van der Waals surface area (Å²) in [5.41, 5.74) is 1.21. The molecule has 1 atom stereocenters. The topological polar surface area (TPSA) is 42.7 Å². The average molecular weight is 298 g/mol. The molecular formula is C14H17F3N4. The molecule has 0 aliphatic carbocycles. The van der Waals surface area contributed by atoms with Crippen LogP contribution in [0.3, 0.4) is 0 Å². The van der Waals surface area contributed by atoms with Gasteiger partial charge in [0.05, 0.1) is 11.7 Å². The molecule has 2 aromatic rings. The van der Waals surface area contributed by atoms with Crippen molar-refractivity contribution in [2.75, 3.05) is 7.05 Å². The summed E-state index contributed by atoms with van der Waals surface area (Å²) in [7, 11) is 1.80. The average Bonchev–Trinajstić information content (AvgIpc) is 2.90. The zero-order valence-electron chi connectivity index (χ0n) is 12.1. The van der Waals surface area contributed by atoms with Gasteiger partial charge in [-0.3, -0.25) is 0 Å². The minimum absolute atomic E-state index is 0.0259. The first-order chi connectivity index (χ1) is 10.0. The Morgan fingerprint density at radius 3 is 2.48 bits per heavy atom. The van der Waals surface area contributed by atoms with E-state index in [1.807, 2.05) is 13.8 Å². The van der Waals surface area contributed by atoms with Crippen LogP contribution in [-0.4, -0.2) is 22.0 Å². The smallest absolute Gasteiger partial charge is 0.196 e. The lowest BCUT2D eigenvalue weighted by Crippen LogP contribution is -2.18. The number of aromatic nitrogens is 3. The van der Waals surface area contributed by atoms with E-state index < -0.39 is 17.5 Å². The third kappa shape index (κ3) is 2.65. The van der Waals surface area contributed by atoms with Crippen molar-refractivity contribution in [3.8, 4) is 5.69 Å². The minimum atomic E-state index is -1.51. The molecule has 7 heteroatoms. The molecule has 0 fully saturated rings. The summed E-state index contributed by atoms with van der Waals surface area (Å²) in [5, 5.41) is 11.1. The van der Waals surface area contributed by atoms with Gasteiger partial charge in [0.15, 0.2) is 17.5 Å². The minimum Gasteiger partial charge on any atom is -0.312 e. The highest BCUT2D eigenvalue weighted by Crippen LogP contribution is 2.24. The molecule has 1 aromatic heterocycles. The van der Waals surface area contributed by atoms with Gasteiger partial charge in [-0.2, -0.15) is 0 Å². The first-order valence-electron chi connectivity index (χ1n) is 6.80. The van der Waals surface area contributed by atoms with Gasteiger partial charge in [0.2, 0.25) is 0 Å². The zero-order chi connectivity index (χ0) is 15.6. The van der Waals surface area contributed by atoms with Crippen LogP contribution < -0.4 is 5.32 Å². The van der Waals surface area contributed by atoms with Gasteiger partial charge in [0.25, 0.3) is 0 Å². The summed E-state index contributed by atoms with van der Waals surface area (Å²) >= 11 is 0. The highest BCUT2D eigenvalue weighted by Gasteiger charge is 2.22. The Labute approximate surface area is 121 Å². The van der Waals surface area contributed by atoms with Crippen LogP contribution >= 0.6 is 0 Å². The lowest BCUT2D eigenvalue weighted by Gasteiger charge is -2.13. The molecule has 0 spiro atoms. The number of nitrogens with zero attached hydrogens (tertiary/aromatic N) is 3. The van der Waals surface area contributed by atoms with Crippen molar-refractivity contribution in [3.05, 3.63) is 41.0 Å². The van der Waals surface area contributed by atoms with Crippen LogP contribution in [-0.2, 0) is 6.42 Å². The molecule has 1 unspecified atom stereocenters. The first-order valence-corrected chi connectivity index (χ1v) is 6.80. The summed E-state index contributed by atoms with van der Waals surface area (Å²) in [6.45, 7) is 3.86. The van der Waals surface area contributed by atoms with Gasteiger partial charge in [0, 0.05) is 0 Å². The fraction of sp³-hybridized carbons (Fsp3) is 0.429. The number of hydrogen-bond acceptors (Lipinski definition) is 3. The molecule has 1 N–H and O–H groups in total. The van der Waals surface area contributed by atoms with Crippen LogP contribution in [0.4, 0.5) is 13.2 Å². The third-order valence-electron chi connectivity index (χ3n) is 3.46. The Hall–Kier alpha value is -1.89. The Morgan fingerprint density at radius 1 is 1.19 bits per heavy atom. The van der Waals surface area contributed by atoms with E-state index >= 15 is 0 Å². The van der Waals surface area contributed by atoms with E-state index in [1.54, 1.807) is 7.05 Å². The monoisotopic (exact) mass is 298 g/mol. The van der Waals surface area contributed by atoms with Crippen molar-refractivity contribution in [1.82, 2.24) is 20.3 Å². The Balaban J connectivity index is 2.58. The van der Waals surface area contributed by atoms with Gasteiger partial charge < -0.3 is 5.32 Å². The quantitative estimate of drug-likeness (QED) is 0.863. The molecule has 21 heavy (non-hydrogen) atoms. The Morgan fingerprint density at radius 2 is 1.90 bits per heavy atom. The summed E-state index contributed by atoms with van der Waals surface area (Å²) in [4.78, 5) is 0. The molecule has 0 aliphatic rings. The van der Waals surface area contributed by atoms with E-state index in [2.05, 4.69) is 15.6 Å². The third-order valence-corrected chi connectivity index (χ3v) is 3.46. The van der Waals surface area contributed by atoms with Gasteiger partial charge in [-0.05, 0) is 32.0 Å². The van der Waals surface area contributed by atoms with Gasteiger partial charge in [-0.25, -0.2) is 17.9 Å². The van der Waals surface area contributed by atoms with Crippen molar-refractivity contribution in [2.45, 2.75) is 32.7 Å². The van der Waals surface area contributed by atoms with Crippen LogP contribution in [0.5, 0.6) is 0 Å². The second-order valence-electron chi connectivity index (χ2n) is 4.63. The lowest BCUT2D eigenvalue weighted by molar-refractivity contribution is 0.442. The van der Waals surface area contributed by atoms with E-state index in [9.17, 15) is 13.2 Å². The van der Waals surface area contributed by atoms with Gasteiger partial charge in [-0.15, -0.1) is 5.10 Å². The molecule has 2 rings (SSSR count). The van der Waals surface area contributed by atoms with Crippen molar-refractivity contribution in [3.63, 3.8) is 0 Å². The predicted molar refractivity (Wildman–Crippen MR) is 72.7 cm³/mol. The molecule has 0 saturated heterocycles. The highest BCUT2D eigenvalue weighted by molar-refractivity contribution is 5.36. The summed E-state index contributed by atoms with van der Waals surface area (Å²) in [6.07, 6.45) is 1.32. The van der Waals surface area contributed by atoms with E-state index in [0.29, 0.717) is 17.8 Å². The summed E-state index contributed by atoms with van der Waals surface area (Å²) in [5.74, 6) is -4.00. The number of nitrogens with one attached hydrogen (secondary N) is 1. The van der Waals surface area contributed by atoms with Crippen LogP contribution in [0.25, 0.3) is 5.69 Å². The Bertz CT molecular complexity index is 635. The largest absolute Gasteiger partial charge is 0.312 e. The van der Waals surface area contributed by atoms with E-state index in [0.717, 1.165) is 18.6 Å². The Kier molecular flexibility index (Phi) is 4.62. The summed E-state index contributed by atoms with van der Waals surface area (Å²) < 4.78 is 41.6. The molecule has 4 nitrogen and oxygen atoms in total. The molecular weight excluding hydrogens is 281 g/mol. The first kappa shape index (κ1) is 15.5. The fourth-order valence-corrected chi connectivity index (χ4v) is 2.32. The molecule has 114 valence electrons. The van der Waals surface area contributed by atoms with Crippen LogP contribution in [0.15, 0.2) is 12.1 Å². The fourth-order valence-electron chi connectivity index (χ4n) is 2.32. The van der Waals surface area contributed by atoms with E-state index in [1.165, 1.54) is 4.68 Å². The van der Waals surface area contributed by atoms with Crippen LogP contribution in [0.2, 0.25) is 0 Å².